The zero-order chi connectivity index (χ0) is 16.1. The number of hydrogen-bond donors (Lipinski definition) is 2. The Bertz CT molecular complexity index is 724. The van der Waals surface area contributed by atoms with Crippen molar-refractivity contribution < 1.29 is 9.59 Å². The first-order chi connectivity index (χ1) is 11.2. The molecule has 0 saturated carbocycles. The molecular weight excluding hydrogens is 288 g/mol. The molecule has 0 fully saturated rings. The molecule has 4 nitrogen and oxygen atoms in total. The van der Waals surface area contributed by atoms with Crippen LogP contribution < -0.4 is 10.9 Å². The zero-order valence-electron chi connectivity index (χ0n) is 12.7. The third-order valence-corrected chi connectivity index (χ3v) is 3.89. The molecule has 0 bridgehead atoms. The number of carbonyl (C=O) groups excluding carboxylic acids is 2. The molecule has 0 unspecified atom stereocenters. The van der Waals surface area contributed by atoms with E-state index in [4.69, 9.17) is 0 Å². The van der Waals surface area contributed by atoms with Gasteiger partial charge in [0.2, 0.25) is 0 Å². The Morgan fingerprint density at radius 3 is 2.26 bits per heavy atom. The molecule has 2 aromatic carbocycles. The van der Waals surface area contributed by atoms with Gasteiger partial charge in [-0.25, -0.2) is 0 Å². The molecule has 0 spiro atoms. The Kier molecular flexibility index (Phi) is 4.52. The monoisotopic (exact) mass is 306 g/mol. The first-order valence-corrected chi connectivity index (χ1v) is 7.62. The standard InChI is InChI=1S/C19H18N2O2/c22-18-12-16(14-7-3-1-4-8-14)11-17(13-18)20-21-19(23)15-9-5-2-6-10-15/h1-10,13,16,20H,11-12H2,(H,21,23)/t16-/m0/s1. The van der Waals surface area contributed by atoms with E-state index in [1.807, 2.05) is 48.5 Å². The number of ketones is 1. The molecule has 4 heteroatoms. The fourth-order valence-corrected chi connectivity index (χ4v) is 2.74. The van der Waals surface area contributed by atoms with Crippen molar-refractivity contribution in [2.24, 2.45) is 0 Å². The molecule has 1 aliphatic carbocycles. The highest BCUT2D eigenvalue weighted by molar-refractivity contribution is 5.94. The fourth-order valence-electron chi connectivity index (χ4n) is 2.74. The van der Waals surface area contributed by atoms with E-state index in [-0.39, 0.29) is 17.6 Å². The lowest BCUT2D eigenvalue weighted by atomic mass is 9.86. The molecule has 3 rings (SSSR count). The van der Waals surface area contributed by atoms with Crippen LogP contribution in [0.4, 0.5) is 0 Å². The maximum absolute atomic E-state index is 12.0. The second-order valence-electron chi connectivity index (χ2n) is 5.60. The molecule has 0 aromatic heterocycles. The summed E-state index contributed by atoms with van der Waals surface area (Å²) in [5.74, 6) is -0.00725. The minimum absolute atomic E-state index is 0.0709. The predicted octanol–water partition coefficient (Wildman–Crippen LogP) is 2.95. The molecule has 0 heterocycles. The Hall–Kier alpha value is -2.88. The van der Waals surface area contributed by atoms with Crippen LogP contribution in [0.3, 0.4) is 0 Å². The number of carbonyl (C=O) groups is 2. The minimum atomic E-state index is -0.221. The van der Waals surface area contributed by atoms with Gasteiger partial charge in [0.05, 0.1) is 0 Å². The van der Waals surface area contributed by atoms with Crippen LogP contribution in [0.15, 0.2) is 72.4 Å². The van der Waals surface area contributed by atoms with Crippen LogP contribution in [0.1, 0.15) is 34.7 Å². The summed E-state index contributed by atoms with van der Waals surface area (Å²) >= 11 is 0. The van der Waals surface area contributed by atoms with Crippen molar-refractivity contribution in [1.82, 2.24) is 10.9 Å². The highest BCUT2D eigenvalue weighted by atomic mass is 16.2. The molecule has 2 N–H and O–H groups in total. The third-order valence-electron chi connectivity index (χ3n) is 3.89. The smallest absolute Gasteiger partial charge is 0.269 e. The topological polar surface area (TPSA) is 58.2 Å². The number of hydrogen-bond acceptors (Lipinski definition) is 3. The van der Waals surface area contributed by atoms with E-state index in [1.54, 1.807) is 18.2 Å². The molecule has 116 valence electrons. The third kappa shape index (κ3) is 3.86. The van der Waals surface area contributed by atoms with Crippen molar-refractivity contribution >= 4 is 11.7 Å². The average Bonchev–Trinajstić information content (AvgIpc) is 2.61. The number of benzene rings is 2. The number of hydrazine groups is 1. The Labute approximate surface area is 135 Å². The van der Waals surface area contributed by atoms with Crippen molar-refractivity contribution in [3.05, 3.63) is 83.6 Å². The molecule has 0 radical (unpaired) electrons. The van der Waals surface area contributed by atoms with Crippen LogP contribution in [0.5, 0.6) is 0 Å². The number of nitrogens with one attached hydrogen (secondary N) is 2. The van der Waals surface area contributed by atoms with Crippen molar-refractivity contribution in [2.45, 2.75) is 18.8 Å². The van der Waals surface area contributed by atoms with Gasteiger partial charge >= 0.3 is 0 Å². The molecule has 1 amide bonds. The summed E-state index contributed by atoms with van der Waals surface area (Å²) < 4.78 is 0. The average molecular weight is 306 g/mol. The summed E-state index contributed by atoms with van der Waals surface area (Å²) in [7, 11) is 0. The van der Waals surface area contributed by atoms with E-state index in [9.17, 15) is 9.59 Å². The summed E-state index contributed by atoms with van der Waals surface area (Å²) in [6.45, 7) is 0. The largest absolute Gasteiger partial charge is 0.302 e. The lowest BCUT2D eigenvalue weighted by molar-refractivity contribution is -0.115. The summed E-state index contributed by atoms with van der Waals surface area (Å²) in [5, 5.41) is 0. The first kappa shape index (κ1) is 15.0. The van der Waals surface area contributed by atoms with Gasteiger partial charge in [0.15, 0.2) is 5.78 Å². The fraction of sp³-hybridized carbons (Fsp3) is 0.158. The first-order valence-electron chi connectivity index (χ1n) is 7.62. The molecular formula is C19H18N2O2. The second-order valence-corrected chi connectivity index (χ2v) is 5.60. The van der Waals surface area contributed by atoms with E-state index in [0.29, 0.717) is 18.4 Å². The maximum Gasteiger partial charge on any atom is 0.269 e. The van der Waals surface area contributed by atoms with Crippen LogP contribution in [-0.4, -0.2) is 11.7 Å². The Balaban J connectivity index is 1.64. The highest BCUT2D eigenvalue weighted by Gasteiger charge is 2.22. The van der Waals surface area contributed by atoms with Gasteiger partial charge in [-0.2, -0.15) is 0 Å². The summed E-state index contributed by atoms with van der Waals surface area (Å²) in [6.07, 6.45) is 2.78. The van der Waals surface area contributed by atoms with Crippen molar-refractivity contribution in [2.75, 3.05) is 0 Å². The van der Waals surface area contributed by atoms with Gasteiger partial charge in [0.1, 0.15) is 0 Å². The van der Waals surface area contributed by atoms with Crippen molar-refractivity contribution in [3.63, 3.8) is 0 Å². The van der Waals surface area contributed by atoms with Crippen LogP contribution in [0.2, 0.25) is 0 Å². The Morgan fingerprint density at radius 1 is 0.913 bits per heavy atom. The Morgan fingerprint density at radius 2 is 1.57 bits per heavy atom. The van der Waals surface area contributed by atoms with Gasteiger partial charge in [0.25, 0.3) is 5.91 Å². The van der Waals surface area contributed by atoms with Crippen LogP contribution in [0, 0.1) is 0 Å². The molecule has 0 aliphatic heterocycles. The predicted molar refractivity (Wildman–Crippen MR) is 88.6 cm³/mol. The van der Waals surface area contributed by atoms with Crippen LogP contribution in [-0.2, 0) is 4.79 Å². The van der Waals surface area contributed by atoms with Crippen LogP contribution >= 0.6 is 0 Å². The van der Waals surface area contributed by atoms with Crippen molar-refractivity contribution in [3.8, 4) is 0 Å². The summed E-state index contributed by atoms with van der Waals surface area (Å²) in [4.78, 5) is 24.0. The SMILES string of the molecule is O=C1C=C(NNC(=O)c2ccccc2)C[C@H](c2ccccc2)C1. The minimum Gasteiger partial charge on any atom is -0.302 e. The number of allylic oxidation sites excluding steroid dienone is 2. The van der Waals surface area contributed by atoms with Gasteiger partial charge in [0, 0.05) is 23.8 Å². The summed E-state index contributed by atoms with van der Waals surface area (Å²) in [6, 6.07) is 18.9. The normalized spacial score (nSPS) is 17.3. The van der Waals surface area contributed by atoms with Crippen molar-refractivity contribution in [1.29, 1.82) is 0 Å². The van der Waals surface area contributed by atoms with Gasteiger partial charge in [-0.15, -0.1) is 0 Å². The molecule has 2 aromatic rings. The van der Waals surface area contributed by atoms with Gasteiger partial charge in [-0.05, 0) is 30.0 Å². The number of amides is 1. The van der Waals surface area contributed by atoms with Crippen LogP contribution in [0.25, 0.3) is 0 Å². The highest BCUT2D eigenvalue weighted by Crippen LogP contribution is 2.29. The van der Waals surface area contributed by atoms with E-state index in [2.05, 4.69) is 10.9 Å². The quantitative estimate of drug-likeness (QED) is 0.854. The number of rotatable bonds is 4. The maximum atomic E-state index is 12.0. The van der Waals surface area contributed by atoms with Gasteiger partial charge < -0.3 is 5.43 Å². The van der Waals surface area contributed by atoms with E-state index in [1.165, 1.54) is 0 Å². The molecule has 1 atom stereocenters. The van der Waals surface area contributed by atoms with E-state index in [0.717, 1.165) is 11.3 Å². The lowest BCUT2D eigenvalue weighted by Crippen LogP contribution is -2.38. The molecule has 1 aliphatic rings. The van der Waals surface area contributed by atoms with E-state index >= 15 is 0 Å². The zero-order valence-corrected chi connectivity index (χ0v) is 12.7. The second kappa shape index (κ2) is 6.92. The summed E-state index contributed by atoms with van der Waals surface area (Å²) in [5.41, 5.74) is 7.99. The van der Waals surface area contributed by atoms with E-state index < -0.39 is 0 Å². The van der Waals surface area contributed by atoms with Gasteiger partial charge in [-0.3, -0.25) is 15.0 Å². The molecule has 0 saturated heterocycles. The lowest BCUT2D eigenvalue weighted by Gasteiger charge is -2.23. The van der Waals surface area contributed by atoms with Gasteiger partial charge in [-0.1, -0.05) is 48.5 Å². The molecule has 23 heavy (non-hydrogen) atoms.